The fourth-order valence-corrected chi connectivity index (χ4v) is 11.7. The van der Waals surface area contributed by atoms with Crippen LogP contribution >= 0.6 is 7.82 Å². The first kappa shape index (κ1) is 81.2. The molecule has 0 spiro atoms. The fourth-order valence-electron chi connectivity index (χ4n) is 10.9. The molecule has 490 valence electrons. The number of phosphoric ester groups is 1. The lowest BCUT2D eigenvalue weighted by atomic mass is 10.0. The number of hydrogen-bond donors (Lipinski definition) is 1. The molecule has 0 rings (SSSR count). The third-order valence-electron chi connectivity index (χ3n) is 16.5. The number of likely N-dealkylation sites (N-methyl/N-ethyl adjacent to an activating group) is 1. The van der Waals surface area contributed by atoms with E-state index in [1.807, 2.05) is 33.3 Å². The molecule has 0 aliphatic rings. The Morgan fingerprint density at radius 3 is 1.02 bits per heavy atom. The third kappa shape index (κ3) is 64.5. The summed E-state index contributed by atoms with van der Waals surface area (Å²) in [6.45, 7) is 6.90. The van der Waals surface area contributed by atoms with Gasteiger partial charge in [-0.1, -0.05) is 308 Å². The molecule has 1 N–H and O–H groups in total. The van der Waals surface area contributed by atoms with Crippen molar-refractivity contribution in [1.29, 1.82) is 0 Å². The zero-order chi connectivity index (χ0) is 60.7. The summed E-state index contributed by atoms with van der Waals surface area (Å²) in [4.78, 5) is 40.2. The minimum absolute atomic E-state index is 0.0199. The number of carbonyl (C=O) groups is 2. The van der Waals surface area contributed by atoms with Gasteiger partial charge in [-0.2, -0.15) is 0 Å². The summed E-state index contributed by atoms with van der Waals surface area (Å²) in [7, 11) is 1.20. The maximum absolute atomic E-state index is 13.6. The van der Waals surface area contributed by atoms with E-state index in [1.54, 1.807) is 0 Å². The molecule has 0 fully saturated rings. The van der Waals surface area contributed by atoms with Crippen molar-refractivity contribution in [2.45, 2.75) is 380 Å². The second-order valence-corrected chi connectivity index (χ2v) is 27.5. The molecule has 0 heterocycles. The summed E-state index contributed by atoms with van der Waals surface area (Å²) in [6, 6.07) is -0.887. The lowest BCUT2D eigenvalue weighted by Crippen LogP contribution is -2.47. The molecule has 0 saturated carbocycles. The van der Waals surface area contributed by atoms with E-state index in [9.17, 15) is 19.0 Å². The van der Waals surface area contributed by atoms with Gasteiger partial charge in [-0.3, -0.25) is 14.2 Å². The van der Waals surface area contributed by atoms with Gasteiger partial charge in [0.1, 0.15) is 19.3 Å². The van der Waals surface area contributed by atoms with Crippen molar-refractivity contribution in [1.82, 2.24) is 5.32 Å². The molecular formula is C73H141N2O7P. The number of rotatable bonds is 67. The van der Waals surface area contributed by atoms with E-state index in [-0.39, 0.29) is 31.5 Å². The van der Waals surface area contributed by atoms with E-state index >= 15 is 0 Å². The first-order valence-electron chi connectivity index (χ1n) is 36.3. The van der Waals surface area contributed by atoms with Gasteiger partial charge in [-0.15, -0.1) is 0 Å². The highest BCUT2D eigenvalue weighted by molar-refractivity contribution is 7.45. The molecule has 0 aliphatic heterocycles. The standard InChI is InChI=1S/C73H141N2O7P/c1-7-10-13-16-19-22-25-28-30-32-34-35-36-37-38-39-41-42-44-47-50-53-56-59-62-65-72(76)74-70(69-81-83(78,79)80-68-67-75(4,5)6)71(64-61-58-55-52-49-46-27-24-21-18-15-12-9-3)82-73(77)66-63-60-57-54-51-48-45-43-40-33-31-29-26-23-20-17-14-11-8-2/h28-31,61,64,70-71H,7-27,32-60,62-63,65-69H2,1-6H3,(H-,74,76,78,79)/b30-28+,31-29+,64-61-. The zero-order valence-electron chi connectivity index (χ0n) is 56.2. The van der Waals surface area contributed by atoms with E-state index in [0.717, 1.165) is 57.8 Å². The Kier molecular flexibility index (Phi) is 61.9. The Labute approximate surface area is 516 Å². The maximum atomic E-state index is 13.6. The quantitative estimate of drug-likeness (QED) is 0.0212. The number of nitrogens with zero attached hydrogens (tertiary/aromatic N) is 1. The summed E-state index contributed by atoms with van der Waals surface area (Å²) in [5.74, 6) is -0.524. The number of carbonyl (C=O) groups excluding carboxylic acids is 2. The summed E-state index contributed by atoms with van der Waals surface area (Å²) in [5.41, 5.74) is 0. The highest BCUT2D eigenvalue weighted by atomic mass is 31.2. The van der Waals surface area contributed by atoms with Crippen LogP contribution in [-0.2, 0) is 27.9 Å². The van der Waals surface area contributed by atoms with E-state index in [0.29, 0.717) is 17.4 Å². The molecule has 0 radical (unpaired) electrons. The van der Waals surface area contributed by atoms with Crippen molar-refractivity contribution in [3.05, 3.63) is 36.5 Å². The second-order valence-electron chi connectivity index (χ2n) is 26.1. The highest BCUT2D eigenvalue weighted by Crippen LogP contribution is 2.38. The van der Waals surface area contributed by atoms with Crippen molar-refractivity contribution in [2.24, 2.45) is 0 Å². The van der Waals surface area contributed by atoms with Crippen LogP contribution in [-0.4, -0.2) is 69.4 Å². The minimum atomic E-state index is -4.70. The van der Waals surface area contributed by atoms with Crippen LogP contribution in [0.3, 0.4) is 0 Å². The number of allylic oxidation sites excluding steroid dienone is 5. The summed E-state index contributed by atoms with van der Waals surface area (Å²) in [5, 5.41) is 3.05. The van der Waals surface area contributed by atoms with E-state index in [1.165, 1.54) is 276 Å². The van der Waals surface area contributed by atoms with Crippen LogP contribution in [0.2, 0.25) is 0 Å². The molecule has 9 nitrogen and oxygen atoms in total. The van der Waals surface area contributed by atoms with Crippen molar-refractivity contribution in [3.63, 3.8) is 0 Å². The number of unbranched alkanes of at least 4 members (excludes halogenated alkanes) is 47. The zero-order valence-corrected chi connectivity index (χ0v) is 57.1. The average molecular weight is 1190 g/mol. The molecule has 3 unspecified atom stereocenters. The SMILES string of the molecule is CCCCCCCC/C=C/CCCCCCCCCCCCCCCCCC(=O)NC(COP(=O)([O-])OCC[N+](C)(C)C)C(/C=C\CCCCCCCCCCCCC)OC(=O)CCCCCCCCCCC/C=C/CCCCCCCC. The van der Waals surface area contributed by atoms with Gasteiger partial charge in [-0.05, 0) is 83.1 Å². The van der Waals surface area contributed by atoms with E-state index < -0.39 is 20.0 Å². The van der Waals surface area contributed by atoms with Crippen LogP contribution in [0.25, 0.3) is 0 Å². The lowest BCUT2D eigenvalue weighted by molar-refractivity contribution is -0.870. The predicted molar refractivity (Wildman–Crippen MR) is 358 cm³/mol. The van der Waals surface area contributed by atoms with Gasteiger partial charge >= 0.3 is 5.97 Å². The molecular weight excluding hydrogens is 1050 g/mol. The monoisotopic (exact) mass is 1190 g/mol. The minimum Gasteiger partial charge on any atom is -0.756 e. The van der Waals surface area contributed by atoms with Crippen LogP contribution in [0.5, 0.6) is 0 Å². The first-order valence-corrected chi connectivity index (χ1v) is 37.8. The number of ether oxygens (including phenoxy) is 1. The Morgan fingerprint density at radius 1 is 0.410 bits per heavy atom. The number of hydrogen-bond acceptors (Lipinski definition) is 7. The van der Waals surface area contributed by atoms with E-state index in [4.69, 9.17) is 13.8 Å². The number of nitrogens with one attached hydrogen (secondary N) is 1. The normalized spacial score (nSPS) is 13.7. The van der Waals surface area contributed by atoms with E-state index in [2.05, 4.69) is 50.4 Å². The van der Waals surface area contributed by atoms with Crippen LogP contribution in [0.1, 0.15) is 367 Å². The molecule has 0 aromatic rings. The van der Waals surface area contributed by atoms with Crippen LogP contribution in [0.15, 0.2) is 36.5 Å². The Morgan fingerprint density at radius 2 is 0.699 bits per heavy atom. The predicted octanol–water partition coefficient (Wildman–Crippen LogP) is 22.4. The summed E-state index contributed by atoms with van der Waals surface area (Å²) < 4.78 is 30.5. The third-order valence-corrected chi connectivity index (χ3v) is 17.5. The average Bonchev–Trinajstić information content (AvgIpc) is 3.46. The molecule has 0 aromatic carbocycles. The van der Waals surface area contributed by atoms with Gasteiger partial charge < -0.3 is 28.5 Å². The lowest BCUT2D eigenvalue weighted by Gasteiger charge is -2.30. The molecule has 10 heteroatoms. The molecule has 0 aromatic heterocycles. The van der Waals surface area contributed by atoms with Gasteiger partial charge in [0.05, 0.1) is 33.8 Å². The molecule has 0 aliphatic carbocycles. The Hall–Kier alpha value is -1.77. The maximum Gasteiger partial charge on any atom is 0.306 e. The van der Waals surface area contributed by atoms with Crippen molar-refractivity contribution in [3.8, 4) is 0 Å². The first-order chi connectivity index (χ1) is 40.4. The summed E-state index contributed by atoms with van der Waals surface area (Å²) in [6.07, 6.45) is 78.4. The second kappa shape index (κ2) is 63.3. The molecule has 0 saturated heterocycles. The van der Waals surface area contributed by atoms with Gasteiger partial charge in [0.2, 0.25) is 5.91 Å². The number of esters is 1. The van der Waals surface area contributed by atoms with Gasteiger partial charge in [0.15, 0.2) is 0 Å². The highest BCUT2D eigenvalue weighted by Gasteiger charge is 2.27. The summed E-state index contributed by atoms with van der Waals surface area (Å²) >= 11 is 0. The van der Waals surface area contributed by atoms with Gasteiger partial charge in [0, 0.05) is 12.8 Å². The molecule has 3 atom stereocenters. The van der Waals surface area contributed by atoms with Crippen molar-refractivity contribution in [2.75, 3.05) is 40.9 Å². The largest absolute Gasteiger partial charge is 0.756 e. The van der Waals surface area contributed by atoms with Crippen LogP contribution in [0, 0.1) is 0 Å². The molecule has 1 amide bonds. The smallest absolute Gasteiger partial charge is 0.306 e. The van der Waals surface area contributed by atoms with Crippen molar-refractivity contribution >= 4 is 19.7 Å². The number of quaternary nitrogens is 1. The van der Waals surface area contributed by atoms with Crippen LogP contribution < -0.4 is 10.2 Å². The number of amides is 1. The Balaban J connectivity index is 5.05. The van der Waals surface area contributed by atoms with Crippen LogP contribution in [0.4, 0.5) is 0 Å². The topological polar surface area (TPSA) is 114 Å². The van der Waals surface area contributed by atoms with Crippen molar-refractivity contribution < 1.29 is 37.3 Å². The van der Waals surface area contributed by atoms with Gasteiger partial charge in [0.25, 0.3) is 7.82 Å². The number of phosphoric acid groups is 1. The van der Waals surface area contributed by atoms with Gasteiger partial charge in [-0.25, -0.2) is 0 Å². The fraction of sp³-hybridized carbons (Fsp3) is 0.890. The molecule has 0 bridgehead atoms. The molecule has 83 heavy (non-hydrogen) atoms. The Bertz CT molecular complexity index is 1510.